The Balaban J connectivity index is 2.80. The average Bonchev–Trinajstić information content (AvgIpc) is 2.42. The Labute approximate surface area is 117 Å². The van der Waals surface area contributed by atoms with Crippen LogP contribution in [0.25, 0.3) is 0 Å². The predicted molar refractivity (Wildman–Crippen MR) is 75.4 cm³/mol. The third kappa shape index (κ3) is 3.83. The molecule has 0 bridgehead atoms. The van der Waals surface area contributed by atoms with Crippen molar-refractivity contribution >= 4 is 18.3 Å². The second kappa shape index (κ2) is 6.75. The fourth-order valence-corrected chi connectivity index (χ4v) is 2.21. The van der Waals surface area contributed by atoms with Crippen LogP contribution in [0, 0.1) is 21.3 Å². The van der Waals surface area contributed by atoms with Crippen LogP contribution in [0.3, 0.4) is 0 Å². The first kappa shape index (κ1) is 15.8. The first-order chi connectivity index (χ1) is 8.98. The summed E-state index contributed by atoms with van der Waals surface area (Å²) in [6.07, 6.45) is 1.75. The number of benzene rings is 1. The molecule has 0 aromatic heterocycles. The van der Waals surface area contributed by atoms with E-state index in [1.165, 1.54) is 12.1 Å². The number of ether oxygens (including phenoxy) is 1. The van der Waals surface area contributed by atoms with Crippen molar-refractivity contribution in [2.75, 3.05) is 12.4 Å². The number of thiol groups is 1. The minimum atomic E-state index is -0.713. The molecular weight excluding hydrogens is 269 g/mol. The highest BCUT2D eigenvalue weighted by molar-refractivity contribution is 7.80. The number of halogens is 1. The number of non-ortho nitro benzene ring substituents is 1. The molecule has 0 radical (unpaired) electrons. The Bertz CT molecular complexity index is 441. The summed E-state index contributed by atoms with van der Waals surface area (Å²) in [6, 6.07) is 3.40. The predicted octanol–water partition coefficient (Wildman–Crippen LogP) is 3.85. The van der Waals surface area contributed by atoms with Crippen molar-refractivity contribution in [1.82, 2.24) is 0 Å². The summed E-state index contributed by atoms with van der Waals surface area (Å²) in [5.41, 5.74) is -0.381. The summed E-state index contributed by atoms with van der Waals surface area (Å²) in [4.78, 5) is 9.87. The van der Waals surface area contributed by atoms with Crippen molar-refractivity contribution in [1.29, 1.82) is 0 Å². The largest absolute Gasteiger partial charge is 0.490 e. The second-order valence-corrected chi connectivity index (χ2v) is 4.84. The number of nitrogens with zero attached hydrogens (tertiary/aromatic N) is 1. The molecule has 0 amide bonds. The quantitative estimate of drug-likeness (QED) is 0.471. The lowest BCUT2D eigenvalue weighted by Crippen LogP contribution is -2.29. The van der Waals surface area contributed by atoms with Crippen LogP contribution in [0.2, 0.25) is 0 Å². The van der Waals surface area contributed by atoms with Gasteiger partial charge in [-0.3, -0.25) is 10.1 Å². The molecule has 0 atom stereocenters. The molecule has 4 nitrogen and oxygen atoms in total. The van der Waals surface area contributed by atoms with E-state index in [1.54, 1.807) is 0 Å². The Morgan fingerprint density at radius 1 is 1.42 bits per heavy atom. The molecule has 1 rings (SSSR count). The van der Waals surface area contributed by atoms with Crippen LogP contribution in [0.1, 0.15) is 26.7 Å². The maximum absolute atomic E-state index is 13.6. The lowest BCUT2D eigenvalue weighted by molar-refractivity contribution is -0.385. The van der Waals surface area contributed by atoms with Crippen molar-refractivity contribution in [3.05, 3.63) is 34.1 Å². The molecule has 6 heteroatoms. The van der Waals surface area contributed by atoms with Gasteiger partial charge in [-0.1, -0.05) is 13.8 Å². The molecule has 1 aromatic carbocycles. The lowest BCUT2D eigenvalue weighted by Gasteiger charge is -2.29. The summed E-state index contributed by atoms with van der Waals surface area (Å²) < 4.78 is 19.1. The van der Waals surface area contributed by atoms with Crippen LogP contribution in [0.4, 0.5) is 10.1 Å². The van der Waals surface area contributed by atoms with E-state index < -0.39 is 10.7 Å². The van der Waals surface area contributed by atoms with Gasteiger partial charge in [-0.2, -0.15) is 12.6 Å². The topological polar surface area (TPSA) is 52.4 Å². The summed E-state index contributed by atoms with van der Waals surface area (Å²) in [7, 11) is 0. The molecular formula is C13H18FNO3S. The van der Waals surface area contributed by atoms with Gasteiger partial charge in [0.15, 0.2) is 11.6 Å². The van der Waals surface area contributed by atoms with Gasteiger partial charge in [-0.25, -0.2) is 4.39 Å². The van der Waals surface area contributed by atoms with Gasteiger partial charge in [-0.05, 0) is 24.7 Å². The number of nitro groups is 1. The molecule has 0 aliphatic heterocycles. The molecule has 0 aliphatic rings. The third-order valence-corrected chi connectivity index (χ3v) is 4.17. The summed E-state index contributed by atoms with van der Waals surface area (Å²) >= 11 is 4.31. The molecule has 106 valence electrons. The van der Waals surface area contributed by atoms with E-state index in [2.05, 4.69) is 12.6 Å². The van der Waals surface area contributed by atoms with Crippen LogP contribution in [-0.4, -0.2) is 17.3 Å². The number of nitro benzene ring substituents is 1. The normalized spacial score (nSPS) is 11.4. The van der Waals surface area contributed by atoms with E-state index >= 15 is 0 Å². The minimum absolute atomic E-state index is 0.0404. The van der Waals surface area contributed by atoms with E-state index in [0.717, 1.165) is 18.9 Å². The van der Waals surface area contributed by atoms with Gasteiger partial charge < -0.3 is 4.74 Å². The molecule has 19 heavy (non-hydrogen) atoms. The van der Waals surface area contributed by atoms with Crippen molar-refractivity contribution in [2.45, 2.75) is 26.7 Å². The maximum atomic E-state index is 13.6. The van der Waals surface area contributed by atoms with E-state index in [-0.39, 0.29) is 16.9 Å². The number of rotatable bonds is 7. The molecule has 0 saturated carbocycles. The van der Waals surface area contributed by atoms with Gasteiger partial charge in [0, 0.05) is 11.5 Å². The summed E-state index contributed by atoms with van der Waals surface area (Å²) in [5, 5.41) is 10.5. The Morgan fingerprint density at radius 3 is 2.47 bits per heavy atom. The Kier molecular flexibility index (Phi) is 5.60. The van der Waals surface area contributed by atoms with Gasteiger partial charge in [0.25, 0.3) is 5.69 Å². The summed E-state index contributed by atoms with van der Waals surface area (Å²) in [6.45, 7) is 4.42. The van der Waals surface area contributed by atoms with Crippen molar-refractivity contribution < 1.29 is 14.1 Å². The fourth-order valence-electron chi connectivity index (χ4n) is 1.67. The zero-order valence-corrected chi connectivity index (χ0v) is 12.0. The highest BCUT2D eigenvalue weighted by Gasteiger charge is 2.26. The van der Waals surface area contributed by atoms with Crippen LogP contribution in [0.5, 0.6) is 5.75 Å². The average molecular weight is 287 g/mol. The molecule has 0 spiro atoms. The van der Waals surface area contributed by atoms with E-state index in [9.17, 15) is 14.5 Å². The molecule has 0 N–H and O–H groups in total. The molecule has 1 aromatic rings. The number of hydrogen-bond acceptors (Lipinski definition) is 4. The zero-order chi connectivity index (χ0) is 14.5. The van der Waals surface area contributed by atoms with Crippen molar-refractivity contribution in [2.24, 2.45) is 5.41 Å². The monoisotopic (exact) mass is 287 g/mol. The third-order valence-electron chi connectivity index (χ3n) is 3.50. The van der Waals surface area contributed by atoms with Crippen molar-refractivity contribution in [3.63, 3.8) is 0 Å². The van der Waals surface area contributed by atoms with Crippen LogP contribution >= 0.6 is 12.6 Å². The van der Waals surface area contributed by atoms with Gasteiger partial charge in [0.2, 0.25) is 0 Å². The van der Waals surface area contributed by atoms with E-state index in [0.29, 0.717) is 12.4 Å². The standard InChI is InChI=1S/C13H18FNO3S/c1-3-13(4-2,9-19)8-18-12-6-5-10(15(16)17)7-11(12)14/h5-7,19H,3-4,8-9H2,1-2H3. The van der Waals surface area contributed by atoms with E-state index in [1.807, 2.05) is 13.8 Å². The van der Waals surface area contributed by atoms with Crippen LogP contribution in [0.15, 0.2) is 18.2 Å². The fraction of sp³-hybridized carbons (Fsp3) is 0.538. The smallest absolute Gasteiger partial charge is 0.272 e. The lowest BCUT2D eigenvalue weighted by atomic mass is 9.85. The van der Waals surface area contributed by atoms with Crippen LogP contribution < -0.4 is 4.74 Å². The highest BCUT2D eigenvalue weighted by atomic mass is 32.1. The maximum Gasteiger partial charge on any atom is 0.272 e. The SMILES string of the molecule is CCC(CC)(CS)COc1ccc([N+](=O)[O-])cc1F. The Morgan fingerprint density at radius 2 is 2.05 bits per heavy atom. The Hall–Kier alpha value is -1.30. The minimum Gasteiger partial charge on any atom is -0.490 e. The zero-order valence-electron chi connectivity index (χ0n) is 11.1. The van der Waals surface area contributed by atoms with Crippen LogP contribution in [-0.2, 0) is 0 Å². The molecule has 0 aliphatic carbocycles. The number of hydrogen-bond donors (Lipinski definition) is 1. The van der Waals surface area contributed by atoms with Gasteiger partial charge in [-0.15, -0.1) is 0 Å². The second-order valence-electron chi connectivity index (χ2n) is 4.53. The molecule has 0 saturated heterocycles. The molecule has 0 unspecified atom stereocenters. The first-order valence-electron chi connectivity index (χ1n) is 6.15. The van der Waals surface area contributed by atoms with Gasteiger partial charge >= 0.3 is 0 Å². The van der Waals surface area contributed by atoms with Crippen molar-refractivity contribution in [3.8, 4) is 5.75 Å². The van der Waals surface area contributed by atoms with E-state index in [4.69, 9.17) is 4.74 Å². The van der Waals surface area contributed by atoms with Gasteiger partial charge in [0.05, 0.1) is 17.6 Å². The highest BCUT2D eigenvalue weighted by Crippen LogP contribution is 2.30. The molecule has 0 fully saturated rings. The molecule has 0 heterocycles. The van der Waals surface area contributed by atoms with Gasteiger partial charge in [0.1, 0.15) is 0 Å². The first-order valence-corrected chi connectivity index (χ1v) is 6.79. The summed E-state index contributed by atoms with van der Waals surface area (Å²) in [5.74, 6) is -0.0256.